The maximum Gasteiger partial charge on any atom is 0.255 e. The summed E-state index contributed by atoms with van der Waals surface area (Å²) in [7, 11) is 0. The summed E-state index contributed by atoms with van der Waals surface area (Å²) in [6, 6.07) is 20.6. The van der Waals surface area contributed by atoms with Gasteiger partial charge in [-0.1, -0.05) is 0 Å². The molecule has 0 aromatic heterocycles. The number of aliphatic imine (C=N–C) groups is 2. The Balaban J connectivity index is 0.00000481. The third-order valence-corrected chi connectivity index (χ3v) is 4.90. The first kappa shape index (κ1) is 28.7. The Labute approximate surface area is 222 Å². The number of anilines is 4. The summed E-state index contributed by atoms with van der Waals surface area (Å²) < 4.78 is 0. The SMILES string of the molecule is CCN=C(N)Nc1ccc(NC(=O)c2ccc(C(=O)Nc3ccc(NC(N)=NCC)cc3)cc2)cc1.Cl. The fraction of sp³-hybridized carbons (Fsp3) is 0.154. The lowest BCUT2D eigenvalue weighted by Crippen LogP contribution is -2.22. The number of guanidine groups is 2. The number of hydrogen-bond acceptors (Lipinski definition) is 4. The van der Waals surface area contributed by atoms with Crippen molar-refractivity contribution in [3.63, 3.8) is 0 Å². The van der Waals surface area contributed by atoms with Crippen LogP contribution >= 0.6 is 12.4 Å². The molecule has 0 saturated heterocycles. The molecule has 0 saturated carbocycles. The molecule has 37 heavy (non-hydrogen) atoms. The number of benzene rings is 3. The van der Waals surface area contributed by atoms with E-state index in [0.29, 0.717) is 47.5 Å². The number of amides is 2. The van der Waals surface area contributed by atoms with Crippen molar-refractivity contribution >= 4 is 58.9 Å². The maximum atomic E-state index is 12.6. The van der Waals surface area contributed by atoms with Gasteiger partial charge in [-0.15, -0.1) is 12.4 Å². The van der Waals surface area contributed by atoms with Crippen LogP contribution in [0.5, 0.6) is 0 Å². The Hall–Kier alpha value is -4.57. The first-order valence-electron chi connectivity index (χ1n) is 11.4. The van der Waals surface area contributed by atoms with E-state index in [1.165, 1.54) is 0 Å². The van der Waals surface area contributed by atoms with E-state index in [0.717, 1.165) is 11.4 Å². The summed E-state index contributed by atoms with van der Waals surface area (Å²) in [6.07, 6.45) is 0. The summed E-state index contributed by atoms with van der Waals surface area (Å²) in [4.78, 5) is 33.3. The van der Waals surface area contributed by atoms with Crippen molar-refractivity contribution in [3.05, 3.63) is 83.9 Å². The summed E-state index contributed by atoms with van der Waals surface area (Å²) in [5.74, 6) is 0.0809. The topological polar surface area (TPSA) is 159 Å². The first-order chi connectivity index (χ1) is 17.4. The van der Waals surface area contributed by atoms with E-state index in [2.05, 4.69) is 31.3 Å². The average molecular weight is 523 g/mol. The molecule has 0 unspecified atom stereocenters. The quantitative estimate of drug-likeness (QED) is 0.193. The highest BCUT2D eigenvalue weighted by Crippen LogP contribution is 2.17. The van der Waals surface area contributed by atoms with Gasteiger partial charge in [0.2, 0.25) is 0 Å². The Bertz CT molecular complexity index is 1140. The molecule has 0 fully saturated rings. The molecular formula is C26H31ClN8O2. The van der Waals surface area contributed by atoms with Crippen molar-refractivity contribution in [1.29, 1.82) is 0 Å². The van der Waals surface area contributed by atoms with E-state index >= 15 is 0 Å². The summed E-state index contributed by atoms with van der Waals surface area (Å²) >= 11 is 0. The van der Waals surface area contributed by atoms with Crippen LogP contribution in [0.3, 0.4) is 0 Å². The Kier molecular flexibility index (Phi) is 10.9. The standard InChI is InChI=1S/C26H30N8O2.ClH/c1-3-29-25(27)33-21-13-9-19(10-14-21)31-23(35)17-5-7-18(8-6-17)24(36)32-20-11-15-22(16-12-20)34-26(28)30-4-2;/h5-16H,3-4H2,1-2H3,(H,31,35)(H,32,36)(H3,27,29,33)(H3,28,30,34);1H. The monoisotopic (exact) mass is 522 g/mol. The number of rotatable bonds is 8. The normalized spacial score (nSPS) is 11.2. The number of nitrogens with two attached hydrogens (primary N) is 2. The average Bonchev–Trinajstić information content (AvgIpc) is 2.87. The zero-order valence-electron chi connectivity index (χ0n) is 20.6. The molecule has 11 heteroatoms. The minimum atomic E-state index is -0.288. The zero-order chi connectivity index (χ0) is 25.9. The molecule has 0 spiro atoms. The molecular weight excluding hydrogens is 492 g/mol. The Morgan fingerprint density at radius 2 is 0.838 bits per heavy atom. The molecule has 8 N–H and O–H groups in total. The van der Waals surface area contributed by atoms with Gasteiger partial charge in [0.1, 0.15) is 0 Å². The van der Waals surface area contributed by atoms with Crippen molar-refractivity contribution in [2.75, 3.05) is 34.4 Å². The number of carbonyl (C=O) groups excluding carboxylic acids is 2. The highest BCUT2D eigenvalue weighted by molar-refractivity contribution is 6.07. The number of hydrogen-bond donors (Lipinski definition) is 6. The van der Waals surface area contributed by atoms with Gasteiger partial charge in [-0.05, 0) is 86.6 Å². The molecule has 3 aromatic rings. The molecule has 0 atom stereocenters. The fourth-order valence-corrected chi connectivity index (χ4v) is 3.17. The van der Waals surface area contributed by atoms with Gasteiger partial charge < -0.3 is 32.7 Å². The van der Waals surface area contributed by atoms with Gasteiger partial charge in [-0.2, -0.15) is 0 Å². The van der Waals surface area contributed by atoms with E-state index in [1.807, 2.05) is 13.8 Å². The molecule has 194 valence electrons. The second kappa shape index (κ2) is 14.1. The third-order valence-electron chi connectivity index (χ3n) is 4.90. The van der Waals surface area contributed by atoms with Gasteiger partial charge in [-0.25, -0.2) is 0 Å². The van der Waals surface area contributed by atoms with E-state index in [9.17, 15) is 9.59 Å². The van der Waals surface area contributed by atoms with Gasteiger partial charge >= 0.3 is 0 Å². The second-order valence-corrected chi connectivity index (χ2v) is 7.61. The predicted octanol–water partition coefficient (Wildman–Crippen LogP) is 4.11. The van der Waals surface area contributed by atoms with Gasteiger partial charge in [0.15, 0.2) is 11.9 Å². The van der Waals surface area contributed by atoms with Crippen molar-refractivity contribution in [2.45, 2.75) is 13.8 Å². The summed E-state index contributed by atoms with van der Waals surface area (Å²) in [6.45, 7) is 4.96. The van der Waals surface area contributed by atoms with Crippen LogP contribution in [0.1, 0.15) is 34.6 Å². The number of nitrogens with one attached hydrogen (secondary N) is 4. The van der Waals surface area contributed by atoms with Crippen LogP contribution in [-0.2, 0) is 0 Å². The van der Waals surface area contributed by atoms with Gasteiger partial charge in [0.25, 0.3) is 11.8 Å². The molecule has 0 aliphatic rings. The van der Waals surface area contributed by atoms with Gasteiger partial charge in [-0.3, -0.25) is 19.6 Å². The number of carbonyl (C=O) groups is 2. The molecule has 10 nitrogen and oxygen atoms in total. The maximum absolute atomic E-state index is 12.6. The minimum absolute atomic E-state index is 0. The van der Waals surface area contributed by atoms with Crippen molar-refractivity contribution in [3.8, 4) is 0 Å². The lowest BCUT2D eigenvalue weighted by atomic mass is 10.1. The van der Waals surface area contributed by atoms with Crippen molar-refractivity contribution < 1.29 is 9.59 Å². The fourth-order valence-electron chi connectivity index (χ4n) is 3.17. The third kappa shape index (κ3) is 8.86. The molecule has 2 amide bonds. The predicted molar refractivity (Wildman–Crippen MR) is 154 cm³/mol. The van der Waals surface area contributed by atoms with Gasteiger partial charge in [0, 0.05) is 47.0 Å². The van der Waals surface area contributed by atoms with Crippen LogP contribution in [0.2, 0.25) is 0 Å². The summed E-state index contributed by atoms with van der Waals surface area (Å²) in [5.41, 5.74) is 15.1. The van der Waals surface area contributed by atoms with Crippen LogP contribution in [0, 0.1) is 0 Å². The Morgan fingerprint density at radius 3 is 1.11 bits per heavy atom. The number of halogens is 1. The first-order valence-corrected chi connectivity index (χ1v) is 11.4. The smallest absolute Gasteiger partial charge is 0.255 e. The van der Waals surface area contributed by atoms with Crippen LogP contribution < -0.4 is 32.7 Å². The molecule has 3 aromatic carbocycles. The molecule has 3 rings (SSSR count). The molecule has 0 heterocycles. The zero-order valence-corrected chi connectivity index (χ0v) is 21.4. The molecule has 0 aliphatic carbocycles. The van der Waals surface area contributed by atoms with E-state index in [-0.39, 0.29) is 24.2 Å². The van der Waals surface area contributed by atoms with E-state index in [4.69, 9.17) is 11.5 Å². The van der Waals surface area contributed by atoms with E-state index < -0.39 is 0 Å². The van der Waals surface area contributed by atoms with Crippen LogP contribution in [-0.4, -0.2) is 36.8 Å². The summed E-state index contributed by atoms with van der Waals surface area (Å²) in [5, 5.41) is 11.6. The van der Waals surface area contributed by atoms with Crippen LogP contribution in [0.15, 0.2) is 82.8 Å². The highest BCUT2D eigenvalue weighted by atomic mass is 35.5. The molecule has 0 aliphatic heterocycles. The minimum Gasteiger partial charge on any atom is -0.370 e. The van der Waals surface area contributed by atoms with Crippen LogP contribution in [0.4, 0.5) is 22.7 Å². The van der Waals surface area contributed by atoms with E-state index in [1.54, 1.807) is 72.8 Å². The lowest BCUT2D eigenvalue weighted by Gasteiger charge is -2.10. The van der Waals surface area contributed by atoms with Gasteiger partial charge in [0.05, 0.1) is 0 Å². The van der Waals surface area contributed by atoms with Crippen LogP contribution in [0.25, 0.3) is 0 Å². The molecule has 0 radical (unpaired) electrons. The largest absolute Gasteiger partial charge is 0.370 e. The Morgan fingerprint density at radius 1 is 0.568 bits per heavy atom. The molecule has 0 bridgehead atoms. The van der Waals surface area contributed by atoms with Crippen molar-refractivity contribution in [1.82, 2.24) is 0 Å². The number of nitrogens with zero attached hydrogens (tertiary/aromatic N) is 2. The highest BCUT2D eigenvalue weighted by Gasteiger charge is 2.10. The lowest BCUT2D eigenvalue weighted by molar-refractivity contribution is 0.101. The van der Waals surface area contributed by atoms with Crippen molar-refractivity contribution in [2.24, 2.45) is 21.5 Å². The second-order valence-electron chi connectivity index (χ2n) is 7.61.